The lowest BCUT2D eigenvalue weighted by Crippen LogP contribution is -2.28. The first-order valence-corrected chi connectivity index (χ1v) is 3.90. The highest BCUT2D eigenvalue weighted by atomic mass is 16.7. The maximum Gasteiger partial charge on any atom is 0.0915 e. The van der Waals surface area contributed by atoms with Gasteiger partial charge in [0.1, 0.15) is 0 Å². The van der Waals surface area contributed by atoms with E-state index in [2.05, 4.69) is 26.3 Å². The SMILES string of the molecule is COCCONCC(C)(C)C. The van der Waals surface area contributed by atoms with Crippen LogP contribution in [0, 0.1) is 5.41 Å². The maximum absolute atomic E-state index is 5.08. The second kappa shape index (κ2) is 5.52. The lowest BCUT2D eigenvalue weighted by molar-refractivity contribution is -0.00501. The summed E-state index contributed by atoms with van der Waals surface area (Å²) in [5.74, 6) is 0. The molecule has 0 aliphatic heterocycles. The van der Waals surface area contributed by atoms with Gasteiger partial charge < -0.3 is 4.74 Å². The Kier molecular flexibility index (Phi) is 5.46. The molecule has 11 heavy (non-hydrogen) atoms. The standard InChI is InChI=1S/C8H19NO2/c1-8(2,3)7-9-11-6-5-10-4/h9H,5-7H2,1-4H3. The van der Waals surface area contributed by atoms with Crippen molar-refractivity contribution in [1.29, 1.82) is 0 Å². The molecule has 68 valence electrons. The van der Waals surface area contributed by atoms with Crippen molar-refractivity contribution in [1.82, 2.24) is 5.48 Å². The Morgan fingerprint density at radius 3 is 2.27 bits per heavy atom. The molecule has 0 saturated heterocycles. The fourth-order valence-electron chi connectivity index (χ4n) is 0.465. The van der Waals surface area contributed by atoms with E-state index in [1.54, 1.807) is 7.11 Å². The zero-order valence-electron chi connectivity index (χ0n) is 7.94. The zero-order valence-corrected chi connectivity index (χ0v) is 7.94. The van der Waals surface area contributed by atoms with Gasteiger partial charge in [0.15, 0.2) is 0 Å². The molecule has 0 radical (unpaired) electrons. The second-order valence-corrected chi connectivity index (χ2v) is 3.72. The van der Waals surface area contributed by atoms with Crippen molar-refractivity contribution in [3.8, 4) is 0 Å². The minimum atomic E-state index is 0.271. The summed E-state index contributed by atoms with van der Waals surface area (Å²) in [6.07, 6.45) is 0. The van der Waals surface area contributed by atoms with E-state index >= 15 is 0 Å². The number of hydrogen-bond acceptors (Lipinski definition) is 3. The molecule has 3 nitrogen and oxygen atoms in total. The van der Waals surface area contributed by atoms with Crippen LogP contribution in [0.4, 0.5) is 0 Å². The van der Waals surface area contributed by atoms with E-state index in [0.717, 1.165) is 6.54 Å². The first-order valence-electron chi connectivity index (χ1n) is 3.90. The van der Waals surface area contributed by atoms with E-state index in [0.29, 0.717) is 13.2 Å². The summed E-state index contributed by atoms with van der Waals surface area (Å²) in [7, 11) is 1.66. The Balaban J connectivity index is 3.02. The van der Waals surface area contributed by atoms with Gasteiger partial charge in [0.2, 0.25) is 0 Å². The monoisotopic (exact) mass is 161 g/mol. The summed E-state index contributed by atoms with van der Waals surface area (Å²) >= 11 is 0. The number of methoxy groups -OCH3 is 1. The molecule has 0 aromatic heterocycles. The van der Waals surface area contributed by atoms with Crippen LogP contribution in [0.3, 0.4) is 0 Å². The van der Waals surface area contributed by atoms with E-state index in [9.17, 15) is 0 Å². The molecule has 0 aromatic carbocycles. The fourth-order valence-corrected chi connectivity index (χ4v) is 0.465. The number of ether oxygens (including phenoxy) is 1. The summed E-state index contributed by atoms with van der Waals surface area (Å²) in [6.45, 7) is 8.56. The van der Waals surface area contributed by atoms with Gasteiger partial charge in [-0.25, -0.2) is 5.48 Å². The molecule has 0 rings (SSSR count). The van der Waals surface area contributed by atoms with Crippen molar-refractivity contribution in [2.75, 3.05) is 26.9 Å². The Morgan fingerprint density at radius 1 is 1.18 bits per heavy atom. The van der Waals surface area contributed by atoms with Crippen LogP contribution in [0.15, 0.2) is 0 Å². The molecule has 0 aromatic rings. The minimum Gasteiger partial charge on any atom is -0.382 e. The third-order valence-corrected chi connectivity index (χ3v) is 1.09. The van der Waals surface area contributed by atoms with E-state index in [-0.39, 0.29) is 5.41 Å². The van der Waals surface area contributed by atoms with Gasteiger partial charge in [-0.3, -0.25) is 4.84 Å². The third kappa shape index (κ3) is 9.88. The summed E-state index contributed by atoms with van der Waals surface area (Å²) in [5.41, 5.74) is 3.15. The number of hydroxylamine groups is 1. The summed E-state index contributed by atoms with van der Waals surface area (Å²) in [4.78, 5) is 5.08. The molecule has 1 N–H and O–H groups in total. The van der Waals surface area contributed by atoms with Crippen LogP contribution in [0.1, 0.15) is 20.8 Å². The summed E-state index contributed by atoms with van der Waals surface area (Å²) in [5, 5.41) is 0. The molecule has 0 fully saturated rings. The molecule has 0 aliphatic carbocycles. The molecular weight excluding hydrogens is 142 g/mol. The molecule has 0 amide bonds. The average Bonchev–Trinajstić information content (AvgIpc) is 1.85. The van der Waals surface area contributed by atoms with Crippen LogP contribution < -0.4 is 5.48 Å². The normalized spacial score (nSPS) is 12.0. The summed E-state index contributed by atoms with van der Waals surface area (Å²) < 4.78 is 4.81. The Morgan fingerprint density at radius 2 is 1.82 bits per heavy atom. The average molecular weight is 161 g/mol. The van der Waals surface area contributed by atoms with Crippen LogP contribution >= 0.6 is 0 Å². The smallest absolute Gasteiger partial charge is 0.0915 e. The van der Waals surface area contributed by atoms with Crippen molar-refractivity contribution in [3.63, 3.8) is 0 Å². The van der Waals surface area contributed by atoms with Crippen molar-refractivity contribution < 1.29 is 9.57 Å². The van der Waals surface area contributed by atoms with Gasteiger partial charge >= 0.3 is 0 Å². The van der Waals surface area contributed by atoms with Gasteiger partial charge in [-0.2, -0.15) is 0 Å². The fraction of sp³-hybridized carbons (Fsp3) is 1.00. The lowest BCUT2D eigenvalue weighted by Gasteiger charge is -2.18. The molecule has 3 heteroatoms. The second-order valence-electron chi connectivity index (χ2n) is 3.72. The zero-order chi connectivity index (χ0) is 8.74. The largest absolute Gasteiger partial charge is 0.382 e. The molecule has 0 heterocycles. The van der Waals surface area contributed by atoms with E-state index < -0.39 is 0 Å². The van der Waals surface area contributed by atoms with E-state index in [1.165, 1.54) is 0 Å². The van der Waals surface area contributed by atoms with Crippen molar-refractivity contribution in [2.24, 2.45) is 5.41 Å². The Bertz CT molecular complexity index is 88.6. The number of nitrogens with one attached hydrogen (secondary N) is 1. The van der Waals surface area contributed by atoms with Gasteiger partial charge in [0, 0.05) is 13.7 Å². The van der Waals surface area contributed by atoms with Crippen molar-refractivity contribution in [2.45, 2.75) is 20.8 Å². The summed E-state index contributed by atoms with van der Waals surface area (Å²) in [6, 6.07) is 0. The van der Waals surface area contributed by atoms with Crippen LogP contribution in [-0.4, -0.2) is 26.9 Å². The third-order valence-electron chi connectivity index (χ3n) is 1.09. The highest BCUT2D eigenvalue weighted by molar-refractivity contribution is 4.60. The topological polar surface area (TPSA) is 30.5 Å². The van der Waals surface area contributed by atoms with Crippen molar-refractivity contribution in [3.05, 3.63) is 0 Å². The quantitative estimate of drug-likeness (QED) is 0.485. The van der Waals surface area contributed by atoms with Crippen molar-refractivity contribution >= 4 is 0 Å². The highest BCUT2D eigenvalue weighted by Crippen LogP contribution is 2.09. The minimum absolute atomic E-state index is 0.271. The highest BCUT2D eigenvalue weighted by Gasteiger charge is 2.08. The van der Waals surface area contributed by atoms with Gasteiger partial charge in [0.05, 0.1) is 13.2 Å². The Labute approximate surface area is 69.0 Å². The van der Waals surface area contributed by atoms with E-state index in [1.807, 2.05) is 0 Å². The number of rotatable bonds is 5. The first-order chi connectivity index (χ1) is 5.06. The predicted octanol–water partition coefficient (Wildman–Crippen LogP) is 1.20. The molecule has 0 aliphatic rings. The maximum atomic E-state index is 5.08. The van der Waals surface area contributed by atoms with Crippen LogP contribution in [0.5, 0.6) is 0 Å². The molecule has 0 saturated carbocycles. The van der Waals surface area contributed by atoms with Gasteiger partial charge in [-0.15, -0.1) is 0 Å². The Hall–Kier alpha value is -0.120. The van der Waals surface area contributed by atoms with E-state index in [4.69, 9.17) is 9.57 Å². The predicted molar refractivity (Wildman–Crippen MR) is 45.3 cm³/mol. The van der Waals surface area contributed by atoms with Crippen LogP contribution in [0.2, 0.25) is 0 Å². The first kappa shape index (κ1) is 10.9. The van der Waals surface area contributed by atoms with Gasteiger partial charge in [-0.1, -0.05) is 20.8 Å². The molecule has 0 unspecified atom stereocenters. The molecular formula is C8H19NO2. The molecule has 0 bridgehead atoms. The molecule has 0 atom stereocenters. The van der Waals surface area contributed by atoms with Crippen LogP contribution in [0.25, 0.3) is 0 Å². The van der Waals surface area contributed by atoms with Gasteiger partial charge in [0.25, 0.3) is 0 Å². The lowest BCUT2D eigenvalue weighted by atomic mass is 9.98. The van der Waals surface area contributed by atoms with Gasteiger partial charge in [-0.05, 0) is 5.41 Å². The molecule has 0 spiro atoms. The van der Waals surface area contributed by atoms with Crippen LogP contribution in [-0.2, 0) is 9.57 Å². The number of hydrogen-bond donors (Lipinski definition) is 1.